The lowest BCUT2D eigenvalue weighted by molar-refractivity contribution is 0.414. The fourth-order valence-corrected chi connectivity index (χ4v) is 3.39. The van der Waals surface area contributed by atoms with Crippen LogP contribution in [0.1, 0.15) is 10.6 Å². The molecule has 23 heavy (non-hydrogen) atoms. The lowest BCUT2D eigenvalue weighted by atomic mass is 10.1. The van der Waals surface area contributed by atoms with Gasteiger partial charge in [-0.1, -0.05) is 53.8 Å². The Hall–Kier alpha value is -2.66. The molecular formula is C18H15N3OS. The van der Waals surface area contributed by atoms with Gasteiger partial charge < -0.3 is 4.74 Å². The fourth-order valence-electron chi connectivity index (χ4n) is 2.48. The van der Waals surface area contributed by atoms with Gasteiger partial charge in [0.2, 0.25) is 4.96 Å². The highest BCUT2D eigenvalue weighted by Crippen LogP contribution is 2.23. The van der Waals surface area contributed by atoms with Gasteiger partial charge >= 0.3 is 0 Å². The van der Waals surface area contributed by atoms with E-state index in [0.717, 1.165) is 33.4 Å². The van der Waals surface area contributed by atoms with Crippen molar-refractivity contribution in [1.29, 1.82) is 0 Å². The SMILES string of the molecule is COc1ccc(Cc2nn3cc(-c4ccccc4)nc3s2)cc1. The Bertz CT molecular complexity index is 894. The second-order valence-corrected chi connectivity index (χ2v) is 6.28. The van der Waals surface area contributed by atoms with Crippen LogP contribution in [0.5, 0.6) is 5.75 Å². The molecule has 0 aliphatic carbocycles. The summed E-state index contributed by atoms with van der Waals surface area (Å²) in [5, 5.41) is 5.69. The maximum Gasteiger partial charge on any atom is 0.212 e. The normalized spacial score (nSPS) is 11.0. The van der Waals surface area contributed by atoms with Crippen LogP contribution in [-0.2, 0) is 6.42 Å². The highest BCUT2D eigenvalue weighted by Gasteiger charge is 2.10. The van der Waals surface area contributed by atoms with E-state index in [-0.39, 0.29) is 0 Å². The van der Waals surface area contributed by atoms with E-state index >= 15 is 0 Å². The highest BCUT2D eigenvalue weighted by atomic mass is 32.1. The Morgan fingerprint density at radius 2 is 1.83 bits per heavy atom. The fraction of sp³-hybridized carbons (Fsp3) is 0.111. The largest absolute Gasteiger partial charge is 0.497 e. The van der Waals surface area contributed by atoms with Crippen LogP contribution < -0.4 is 4.74 Å². The summed E-state index contributed by atoms with van der Waals surface area (Å²) in [5.74, 6) is 0.871. The van der Waals surface area contributed by atoms with E-state index in [9.17, 15) is 0 Å². The first-order valence-electron chi connectivity index (χ1n) is 7.35. The van der Waals surface area contributed by atoms with Gasteiger partial charge in [0.25, 0.3) is 0 Å². The van der Waals surface area contributed by atoms with Gasteiger partial charge in [0.15, 0.2) is 0 Å². The van der Waals surface area contributed by atoms with E-state index in [1.54, 1.807) is 18.4 Å². The molecule has 4 aromatic rings. The number of hydrogen-bond donors (Lipinski definition) is 0. The lowest BCUT2D eigenvalue weighted by Crippen LogP contribution is -1.90. The van der Waals surface area contributed by atoms with Crippen molar-refractivity contribution in [2.45, 2.75) is 6.42 Å². The summed E-state index contributed by atoms with van der Waals surface area (Å²) in [5.41, 5.74) is 3.29. The molecule has 114 valence electrons. The van der Waals surface area contributed by atoms with Crippen molar-refractivity contribution in [3.8, 4) is 17.0 Å². The summed E-state index contributed by atoms with van der Waals surface area (Å²) in [7, 11) is 1.68. The predicted molar refractivity (Wildman–Crippen MR) is 92.1 cm³/mol. The van der Waals surface area contributed by atoms with Gasteiger partial charge in [0.1, 0.15) is 10.8 Å². The van der Waals surface area contributed by atoms with E-state index in [2.05, 4.69) is 34.3 Å². The molecule has 2 heterocycles. The molecule has 0 unspecified atom stereocenters. The Labute approximate surface area is 138 Å². The number of methoxy groups -OCH3 is 1. The molecule has 0 saturated carbocycles. The minimum Gasteiger partial charge on any atom is -0.497 e. The molecule has 0 atom stereocenters. The number of benzene rings is 2. The second-order valence-electron chi connectivity index (χ2n) is 5.24. The van der Waals surface area contributed by atoms with Crippen molar-refractivity contribution in [3.63, 3.8) is 0 Å². The third kappa shape index (κ3) is 2.83. The van der Waals surface area contributed by atoms with Crippen molar-refractivity contribution in [3.05, 3.63) is 71.4 Å². The van der Waals surface area contributed by atoms with Gasteiger partial charge in [-0.05, 0) is 17.7 Å². The Morgan fingerprint density at radius 3 is 2.52 bits per heavy atom. The minimum absolute atomic E-state index is 0.804. The monoisotopic (exact) mass is 321 g/mol. The first-order valence-corrected chi connectivity index (χ1v) is 8.17. The molecule has 0 saturated heterocycles. The molecular weight excluding hydrogens is 306 g/mol. The first kappa shape index (κ1) is 14.0. The van der Waals surface area contributed by atoms with Gasteiger partial charge in [0.05, 0.1) is 19.0 Å². The average Bonchev–Trinajstić information content (AvgIpc) is 3.15. The standard InChI is InChI=1S/C18H15N3OS/c1-22-15-9-7-13(8-10-15)11-17-20-21-12-16(19-18(21)23-17)14-5-3-2-4-6-14/h2-10,12H,11H2,1H3. The summed E-state index contributed by atoms with van der Waals surface area (Å²) in [6.45, 7) is 0. The van der Waals surface area contributed by atoms with Gasteiger partial charge in [-0.3, -0.25) is 0 Å². The third-order valence-corrected chi connectivity index (χ3v) is 4.59. The molecule has 0 radical (unpaired) electrons. The van der Waals surface area contributed by atoms with E-state index < -0.39 is 0 Å². The van der Waals surface area contributed by atoms with Crippen LogP contribution in [-0.4, -0.2) is 21.7 Å². The smallest absolute Gasteiger partial charge is 0.212 e. The van der Waals surface area contributed by atoms with Crippen molar-refractivity contribution < 1.29 is 4.74 Å². The zero-order valence-corrected chi connectivity index (χ0v) is 13.5. The number of ether oxygens (including phenoxy) is 1. The van der Waals surface area contributed by atoms with E-state index in [1.165, 1.54) is 5.56 Å². The first-order chi connectivity index (χ1) is 11.3. The van der Waals surface area contributed by atoms with Crippen LogP contribution in [0.15, 0.2) is 60.8 Å². The minimum atomic E-state index is 0.804. The Morgan fingerprint density at radius 1 is 1.04 bits per heavy atom. The van der Waals surface area contributed by atoms with Crippen LogP contribution in [0.3, 0.4) is 0 Å². The molecule has 0 spiro atoms. The number of fused-ring (bicyclic) bond motifs is 1. The predicted octanol–water partition coefficient (Wildman–Crippen LogP) is 4.06. The van der Waals surface area contributed by atoms with Gasteiger partial charge in [-0.25, -0.2) is 9.50 Å². The van der Waals surface area contributed by atoms with Gasteiger partial charge in [0, 0.05) is 12.0 Å². The van der Waals surface area contributed by atoms with Crippen molar-refractivity contribution in [2.24, 2.45) is 0 Å². The number of hydrogen-bond acceptors (Lipinski definition) is 4. The van der Waals surface area contributed by atoms with E-state index in [1.807, 2.05) is 41.0 Å². The van der Waals surface area contributed by atoms with E-state index in [4.69, 9.17) is 4.74 Å². The quantitative estimate of drug-likeness (QED) is 0.569. The van der Waals surface area contributed by atoms with Gasteiger partial charge in [-0.2, -0.15) is 5.10 Å². The summed E-state index contributed by atoms with van der Waals surface area (Å²) < 4.78 is 7.05. The molecule has 4 rings (SSSR count). The highest BCUT2D eigenvalue weighted by molar-refractivity contribution is 7.16. The number of rotatable bonds is 4. The summed E-state index contributed by atoms with van der Waals surface area (Å²) in [6.07, 6.45) is 2.79. The van der Waals surface area contributed by atoms with Crippen LogP contribution in [0, 0.1) is 0 Å². The summed E-state index contributed by atoms with van der Waals surface area (Å²) >= 11 is 1.63. The van der Waals surface area contributed by atoms with Crippen LogP contribution in [0.25, 0.3) is 16.2 Å². The van der Waals surface area contributed by atoms with E-state index in [0.29, 0.717) is 0 Å². The molecule has 0 N–H and O–H groups in total. The maximum absolute atomic E-state index is 5.18. The molecule has 0 aliphatic rings. The number of nitrogens with zero attached hydrogens (tertiary/aromatic N) is 3. The molecule has 5 heteroatoms. The van der Waals surface area contributed by atoms with Crippen LogP contribution in [0.4, 0.5) is 0 Å². The molecule has 0 aliphatic heterocycles. The number of imidazole rings is 1. The summed E-state index contributed by atoms with van der Waals surface area (Å²) in [6, 6.07) is 18.2. The summed E-state index contributed by atoms with van der Waals surface area (Å²) in [4.78, 5) is 5.60. The molecule has 0 bridgehead atoms. The number of aromatic nitrogens is 3. The molecule has 4 nitrogen and oxygen atoms in total. The molecule has 0 fully saturated rings. The third-order valence-electron chi connectivity index (χ3n) is 3.67. The van der Waals surface area contributed by atoms with Crippen LogP contribution >= 0.6 is 11.3 Å². The molecule has 2 aromatic carbocycles. The Balaban J connectivity index is 1.58. The van der Waals surface area contributed by atoms with Crippen molar-refractivity contribution in [1.82, 2.24) is 14.6 Å². The topological polar surface area (TPSA) is 39.4 Å². The zero-order chi connectivity index (χ0) is 15.6. The Kier molecular flexibility index (Phi) is 3.55. The molecule has 2 aromatic heterocycles. The lowest BCUT2D eigenvalue weighted by Gasteiger charge is -2.01. The zero-order valence-electron chi connectivity index (χ0n) is 12.6. The van der Waals surface area contributed by atoms with Crippen LogP contribution in [0.2, 0.25) is 0 Å². The second kappa shape index (κ2) is 5.85. The average molecular weight is 321 g/mol. The van der Waals surface area contributed by atoms with Gasteiger partial charge in [-0.15, -0.1) is 0 Å². The van der Waals surface area contributed by atoms with Crippen molar-refractivity contribution in [2.75, 3.05) is 7.11 Å². The molecule has 0 amide bonds. The van der Waals surface area contributed by atoms with Crippen molar-refractivity contribution >= 4 is 16.3 Å². The maximum atomic E-state index is 5.18.